The maximum absolute atomic E-state index is 9.61. The van der Waals surface area contributed by atoms with Crippen LogP contribution in [-0.4, -0.2) is 11.7 Å². The van der Waals surface area contributed by atoms with Gasteiger partial charge in [-0.25, -0.2) is 0 Å². The minimum atomic E-state index is -0.0921. The highest BCUT2D eigenvalue weighted by Gasteiger charge is 2.10. The zero-order chi connectivity index (χ0) is 14.5. The highest BCUT2D eigenvalue weighted by molar-refractivity contribution is 9.10. The average Bonchev–Trinajstić information content (AvgIpc) is 2.45. The second-order valence-electron chi connectivity index (χ2n) is 5.21. The molecule has 0 amide bonds. The predicted octanol–water partition coefficient (Wildman–Crippen LogP) is 4.72. The Kier molecular flexibility index (Phi) is 5.21. The molecular weight excluding hydrogens is 314 g/mol. The van der Waals surface area contributed by atoms with Gasteiger partial charge in [0, 0.05) is 10.2 Å². The molecule has 3 heteroatoms. The molecule has 0 saturated carbocycles. The van der Waals surface area contributed by atoms with Crippen LogP contribution < -0.4 is 5.32 Å². The molecule has 0 aliphatic rings. The summed E-state index contributed by atoms with van der Waals surface area (Å²) in [6.07, 6.45) is 0. The molecule has 2 aromatic carbocycles. The van der Waals surface area contributed by atoms with Gasteiger partial charge >= 0.3 is 0 Å². The zero-order valence-corrected chi connectivity index (χ0v) is 13.4. The van der Waals surface area contributed by atoms with Gasteiger partial charge in [0.05, 0.1) is 12.6 Å². The lowest BCUT2D eigenvalue weighted by Gasteiger charge is -2.19. The van der Waals surface area contributed by atoms with E-state index >= 15 is 0 Å². The largest absolute Gasteiger partial charge is 0.394 e. The van der Waals surface area contributed by atoms with E-state index in [4.69, 9.17) is 0 Å². The predicted molar refractivity (Wildman–Crippen MR) is 88.1 cm³/mol. The van der Waals surface area contributed by atoms with E-state index in [0.29, 0.717) is 5.92 Å². The first-order chi connectivity index (χ1) is 9.60. The SMILES string of the molecule is CC(C)c1ccc(C(CO)Nc2cccc(Br)c2)cc1. The molecule has 0 fully saturated rings. The van der Waals surface area contributed by atoms with Crippen LogP contribution in [0.25, 0.3) is 0 Å². The summed E-state index contributed by atoms with van der Waals surface area (Å²) in [7, 11) is 0. The summed E-state index contributed by atoms with van der Waals surface area (Å²) < 4.78 is 1.02. The molecule has 0 radical (unpaired) electrons. The Morgan fingerprint density at radius 2 is 1.70 bits per heavy atom. The van der Waals surface area contributed by atoms with Crippen LogP contribution in [0.15, 0.2) is 53.0 Å². The van der Waals surface area contributed by atoms with Crippen LogP contribution in [0.1, 0.15) is 36.9 Å². The van der Waals surface area contributed by atoms with Gasteiger partial charge in [-0.1, -0.05) is 60.1 Å². The van der Waals surface area contributed by atoms with Crippen molar-refractivity contribution in [3.63, 3.8) is 0 Å². The van der Waals surface area contributed by atoms with Crippen LogP contribution in [0.5, 0.6) is 0 Å². The van der Waals surface area contributed by atoms with Crippen molar-refractivity contribution in [2.75, 3.05) is 11.9 Å². The van der Waals surface area contributed by atoms with Crippen molar-refractivity contribution in [3.8, 4) is 0 Å². The summed E-state index contributed by atoms with van der Waals surface area (Å²) in [5.41, 5.74) is 3.40. The standard InChI is InChI=1S/C17H20BrNO/c1-12(2)13-6-8-14(9-7-13)17(11-20)19-16-5-3-4-15(18)10-16/h3-10,12,17,19-20H,11H2,1-2H3. The number of aliphatic hydroxyl groups is 1. The minimum absolute atomic E-state index is 0.0630. The first kappa shape index (κ1) is 15.1. The van der Waals surface area contributed by atoms with Crippen molar-refractivity contribution in [1.29, 1.82) is 0 Å². The molecule has 1 unspecified atom stereocenters. The van der Waals surface area contributed by atoms with Crippen molar-refractivity contribution in [1.82, 2.24) is 0 Å². The quantitative estimate of drug-likeness (QED) is 0.829. The Balaban J connectivity index is 2.15. The van der Waals surface area contributed by atoms with Gasteiger partial charge in [0.1, 0.15) is 0 Å². The van der Waals surface area contributed by atoms with Crippen molar-refractivity contribution >= 4 is 21.6 Å². The van der Waals surface area contributed by atoms with Gasteiger partial charge in [0.2, 0.25) is 0 Å². The molecule has 0 heterocycles. The minimum Gasteiger partial charge on any atom is -0.394 e. The van der Waals surface area contributed by atoms with Gasteiger partial charge in [-0.3, -0.25) is 0 Å². The summed E-state index contributed by atoms with van der Waals surface area (Å²) in [5, 5.41) is 13.0. The molecule has 0 aromatic heterocycles. The molecular formula is C17H20BrNO. The third-order valence-electron chi connectivity index (χ3n) is 3.35. The third-order valence-corrected chi connectivity index (χ3v) is 3.85. The number of rotatable bonds is 5. The number of halogens is 1. The molecule has 1 atom stereocenters. The van der Waals surface area contributed by atoms with Crippen LogP contribution >= 0.6 is 15.9 Å². The third kappa shape index (κ3) is 3.84. The molecule has 0 aliphatic carbocycles. The molecule has 0 aliphatic heterocycles. The van der Waals surface area contributed by atoms with Crippen LogP contribution in [0.3, 0.4) is 0 Å². The second-order valence-corrected chi connectivity index (χ2v) is 6.13. The summed E-state index contributed by atoms with van der Waals surface area (Å²) >= 11 is 3.45. The van der Waals surface area contributed by atoms with Crippen molar-refractivity contribution in [3.05, 3.63) is 64.1 Å². The maximum Gasteiger partial charge on any atom is 0.0745 e. The first-order valence-electron chi connectivity index (χ1n) is 6.83. The molecule has 2 nitrogen and oxygen atoms in total. The topological polar surface area (TPSA) is 32.3 Å². The zero-order valence-electron chi connectivity index (χ0n) is 11.8. The monoisotopic (exact) mass is 333 g/mol. The van der Waals surface area contributed by atoms with E-state index in [1.54, 1.807) is 0 Å². The number of anilines is 1. The maximum atomic E-state index is 9.61. The summed E-state index contributed by atoms with van der Waals surface area (Å²) in [6, 6.07) is 16.3. The Morgan fingerprint density at radius 3 is 2.25 bits per heavy atom. The molecule has 2 aromatic rings. The Labute approximate surface area is 129 Å². The number of aliphatic hydroxyl groups excluding tert-OH is 1. The molecule has 0 bridgehead atoms. The van der Waals surface area contributed by atoms with Gasteiger partial charge in [0.15, 0.2) is 0 Å². The van der Waals surface area contributed by atoms with Gasteiger partial charge in [-0.05, 0) is 35.2 Å². The number of hydrogen-bond donors (Lipinski definition) is 2. The Bertz CT molecular complexity index is 551. The van der Waals surface area contributed by atoms with Gasteiger partial charge in [-0.2, -0.15) is 0 Å². The lowest BCUT2D eigenvalue weighted by atomic mass is 9.99. The highest BCUT2D eigenvalue weighted by atomic mass is 79.9. The lowest BCUT2D eigenvalue weighted by molar-refractivity contribution is 0.276. The molecule has 2 N–H and O–H groups in total. The lowest BCUT2D eigenvalue weighted by Crippen LogP contribution is -2.14. The van der Waals surface area contributed by atoms with Crippen LogP contribution in [-0.2, 0) is 0 Å². The van der Waals surface area contributed by atoms with E-state index < -0.39 is 0 Å². The van der Waals surface area contributed by atoms with Crippen molar-refractivity contribution in [2.45, 2.75) is 25.8 Å². The van der Waals surface area contributed by atoms with Crippen LogP contribution in [0.4, 0.5) is 5.69 Å². The molecule has 0 spiro atoms. The van der Waals surface area contributed by atoms with Gasteiger partial charge in [0.25, 0.3) is 0 Å². The smallest absolute Gasteiger partial charge is 0.0745 e. The first-order valence-corrected chi connectivity index (χ1v) is 7.62. The number of benzene rings is 2. The average molecular weight is 334 g/mol. The van der Waals surface area contributed by atoms with Crippen LogP contribution in [0.2, 0.25) is 0 Å². The number of nitrogens with one attached hydrogen (secondary N) is 1. The van der Waals surface area contributed by atoms with E-state index in [2.05, 4.69) is 59.4 Å². The Morgan fingerprint density at radius 1 is 1.05 bits per heavy atom. The normalized spacial score (nSPS) is 12.4. The van der Waals surface area contributed by atoms with Crippen LogP contribution in [0, 0.1) is 0 Å². The second kappa shape index (κ2) is 6.91. The fourth-order valence-electron chi connectivity index (χ4n) is 2.13. The molecule has 20 heavy (non-hydrogen) atoms. The van der Waals surface area contributed by atoms with E-state index in [1.165, 1.54) is 5.56 Å². The Hall–Kier alpha value is -1.32. The summed E-state index contributed by atoms with van der Waals surface area (Å²) in [4.78, 5) is 0. The summed E-state index contributed by atoms with van der Waals surface area (Å²) in [6.45, 7) is 4.42. The molecule has 0 saturated heterocycles. The van der Waals surface area contributed by atoms with Crippen molar-refractivity contribution < 1.29 is 5.11 Å². The van der Waals surface area contributed by atoms with E-state index in [1.807, 2.05) is 24.3 Å². The van der Waals surface area contributed by atoms with Gasteiger partial charge < -0.3 is 10.4 Å². The fourth-order valence-corrected chi connectivity index (χ4v) is 2.53. The summed E-state index contributed by atoms with van der Waals surface area (Å²) in [5.74, 6) is 0.523. The van der Waals surface area contributed by atoms with E-state index in [-0.39, 0.29) is 12.6 Å². The highest BCUT2D eigenvalue weighted by Crippen LogP contribution is 2.23. The van der Waals surface area contributed by atoms with Gasteiger partial charge in [-0.15, -0.1) is 0 Å². The van der Waals surface area contributed by atoms with E-state index in [0.717, 1.165) is 15.7 Å². The fraction of sp³-hybridized carbons (Fsp3) is 0.294. The molecule has 106 valence electrons. The van der Waals surface area contributed by atoms with E-state index in [9.17, 15) is 5.11 Å². The number of hydrogen-bond acceptors (Lipinski definition) is 2. The molecule has 2 rings (SSSR count). The van der Waals surface area contributed by atoms with Crippen molar-refractivity contribution in [2.24, 2.45) is 0 Å².